The highest BCUT2D eigenvalue weighted by Crippen LogP contribution is 2.18. The summed E-state index contributed by atoms with van der Waals surface area (Å²) in [5.41, 5.74) is 0. The van der Waals surface area contributed by atoms with Crippen molar-refractivity contribution in [2.75, 3.05) is 0 Å². The molecule has 0 aromatic rings. The van der Waals surface area contributed by atoms with E-state index in [-0.39, 0.29) is 12.0 Å². The first-order chi connectivity index (χ1) is 6.29. The number of rotatable bonds is 1. The summed E-state index contributed by atoms with van der Waals surface area (Å²) in [4.78, 5) is 11.5. The maximum absolute atomic E-state index is 11.5. The van der Waals surface area contributed by atoms with Crippen molar-refractivity contribution in [1.82, 2.24) is 0 Å². The first-order valence-electron chi connectivity index (χ1n) is 4.30. The maximum Gasteiger partial charge on any atom is 0.352 e. The monoisotopic (exact) mass is 177 g/mol. The number of hydrogen-bond donors (Lipinski definition) is 0. The molecule has 1 unspecified atom stereocenters. The molecule has 0 spiro atoms. The van der Waals surface area contributed by atoms with E-state index in [0.717, 1.165) is 12.5 Å². The van der Waals surface area contributed by atoms with Gasteiger partial charge in [0.25, 0.3) is 6.40 Å². The molecule has 0 saturated carbocycles. The highest BCUT2D eigenvalue weighted by molar-refractivity contribution is 5.80. The van der Waals surface area contributed by atoms with Gasteiger partial charge < -0.3 is 4.74 Å². The van der Waals surface area contributed by atoms with Gasteiger partial charge in [-0.2, -0.15) is 0 Å². The van der Waals surface area contributed by atoms with Crippen molar-refractivity contribution in [2.24, 2.45) is 0 Å². The molecule has 3 nitrogen and oxygen atoms in total. The minimum atomic E-state index is -0.341. The molecule has 13 heavy (non-hydrogen) atoms. The fourth-order valence-electron chi connectivity index (χ4n) is 1.35. The Morgan fingerprint density at radius 3 is 3.00 bits per heavy atom. The standard InChI is InChI=1S/C10H11NO2/c1-8-10(12)11(7-13-8)9-5-3-2-4-6-9/h2-5,7-8H,6H2,1H3. The molecule has 68 valence electrons. The van der Waals surface area contributed by atoms with Crippen molar-refractivity contribution in [3.63, 3.8) is 0 Å². The van der Waals surface area contributed by atoms with E-state index in [2.05, 4.69) is 0 Å². The first kappa shape index (κ1) is 8.10. The van der Waals surface area contributed by atoms with Crippen LogP contribution in [0.15, 0.2) is 24.3 Å². The van der Waals surface area contributed by atoms with Crippen LogP contribution in [0.4, 0.5) is 0 Å². The molecule has 1 aliphatic heterocycles. The molecule has 1 atom stereocenters. The average molecular weight is 177 g/mol. The van der Waals surface area contributed by atoms with Gasteiger partial charge >= 0.3 is 5.91 Å². The fourth-order valence-corrected chi connectivity index (χ4v) is 1.35. The van der Waals surface area contributed by atoms with E-state index < -0.39 is 0 Å². The van der Waals surface area contributed by atoms with Gasteiger partial charge in [0.1, 0.15) is 6.04 Å². The van der Waals surface area contributed by atoms with Gasteiger partial charge in [-0.25, -0.2) is 4.58 Å². The van der Waals surface area contributed by atoms with Crippen LogP contribution in [0.3, 0.4) is 0 Å². The lowest BCUT2D eigenvalue weighted by atomic mass is 10.1. The third-order valence-electron chi connectivity index (χ3n) is 2.13. The lowest BCUT2D eigenvalue weighted by Crippen LogP contribution is -2.26. The number of amides is 1. The van der Waals surface area contributed by atoms with Crippen LogP contribution < -0.4 is 0 Å². The van der Waals surface area contributed by atoms with E-state index in [1.54, 1.807) is 11.5 Å². The summed E-state index contributed by atoms with van der Waals surface area (Å²) in [5.74, 6) is 0.00921. The van der Waals surface area contributed by atoms with Crippen molar-refractivity contribution in [1.29, 1.82) is 0 Å². The van der Waals surface area contributed by atoms with E-state index >= 15 is 0 Å². The molecule has 1 aliphatic carbocycles. The minimum Gasteiger partial charge on any atom is -0.484 e. The van der Waals surface area contributed by atoms with Crippen LogP contribution in [0.1, 0.15) is 13.3 Å². The number of carbonyl (C=O) groups is 1. The predicted molar refractivity (Wildman–Crippen MR) is 48.0 cm³/mol. The Morgan fingerprint density at radius 2 is 2.46 bits per heavy atom. The van der Waals surface area contributed by atoms with Crippen LogP contribution >= 0.6 is 0 Å². The molecule has 0 N–H and O–H groups in total. The van der Waals surface area contributed by atoms with E-state index in [1.165, 1.54) is 6.40 Å². The van der Waals surface area contributed by atoms with Gasteiger partial charge in [-0.05, 0) is 6.92 Å². The Hall–Kier alpha value is -1.51. The summed E-state index contributed by atoms with van der Waals surface area (Å²) in [7, 11) is 0. The lowest BCUT2D eigenvalue weighted by Gasteiger charge is -2.12. The number of ether oxygens (including phenoxy) is 1. The Morgan fingerprint density at radius 1 is 1.62 bits per heavy atom. The molecular formula is C10H11NO2. The Bertz CT molecular complexity index is 315. The summed E-state index contributed by atoms with van der Waals surface area (Å²) in [6.07, 6.45) is 9.76. The Balaban J connectivity index is 2.14. The smallest absolute Gasteiger partial charge is 0.352 e. The summed E-state index contributed by atoms with van der Waals surface area (Å²) in [6, 6.07) is 0.969. The van der Waals surface area contributed by atoms with Crippen LogP contribution in [0, 0.1) is 6.04 Å². The lowest BCUT2D eigenvalue weighted by molar-refractivity contribution is -0.420. The van der Waals surface area contributed by atoms with E-state index in [0.29, 0.717) is 0 Å². The average Bonchev–Trinajstić information content (AvgIpc) is 2.49. The number of nitrogens with zero attached hydrogens (tertiary/aromatic N) is 1. The van der Waals surface area contributed by atoms with E-state index in [4.69, 9.17) is 4.74 Å². The van der Waals surface area contributed by atoms with Crippen LogP contribution in [0.2, 0.25) is 0 Å². The largest absolute Gasteiger partial charge is 0.484 e. The zero-order valence-corrected chi connectivity index (χ0v) is 7.43. The van der Waals surface area contributed by atoms with Crippen molar-refractivity contribution < 1.29 is 14.1 Å². The van der Waals surface area contributed by atoms with Gasteiger partial charge in [0.05, 0.1) is 0 Å². The van der Waals surface area contributed by atoms with Gasteiger partial charge in [-0.3, -0.25) is 4.79 Å². The minimum absolute atomic E-state index is 0.00921. The van der Waals surface area contributed by atoms with Crippen molar-refractivity contribution >= 4 is 12.3 Å². The molecule has 1 heterocycles. The molecule has 0 bridgehead atoms. The van der Waals surface area contributed by atoms with Crippen LogP contribution in [-0.2, 0) is 9.53 Å². The first-order valence-corrected chi connectivity index (χ1v) is 4.30. The topological polar surface area (TPSA) is 29.3 Å². The normalized spacial score (nSPS) is 26.2. The molecule has 0 aromatic heterocycles. The molecule has 0 radical (unpaired) electrons. The van der Waals surface area contributed by atoms with Gasteiger partial charge in [0, 0.05) is 6.42 Å². The highest BCUT2D eigenvalue weighted by Gasteiger charge is 2.30. The summed E-state index contributed by atoms with van der Waals surface area (Å²) in [5, 5.41) is 0. The summed E-state index contributed by atoms with van der Waals surface area (Å²) >= 11 is 0. The van der Waals surface area contributed by atoms with E-state index in [1.807, 2.05) is 24.3 Å². The molecule has 1 amide bonds. The molecule has 0 fully saturated rings. The zero-order valence-electron chi connectivity index (χ0n) is 7.43. The number of carbonyl (C=O) groups excluding carboxylic acids is 1. The van der Waals surface area contributed by atoms with Gasteiger partial charge in [-0.15, -0.1) is 12.2 Å². The molecular weight excluding hydrogens is 166 g/mol. The summed E-state index contributed by atoms with van der Waals surface area (Å²) < 4.78 is 6.68. The third-order valence-corrected chi connectivity index (χ3v) is 2.13. The van der Waals surface area contributed by atoms with Crippen LogP contribution in [0.5, 0.6) is 0 Å². The molecule has 0 aromatic carbocycles. The second-order valence-corrected chi connectivity index (χ2v) is 3.07. The maximum atomic E-state index is 11.5. The predicted octanol–water partition coefficient (Wildman–Crippen LogP) is 1.02. The molecule has 2 aliphatic rings. The highest BCUT2D eigenvalue weighted by atomic mass is 16.5. The second kappa shape index (κ2) is 3.09. The SMILES string of the molecule is CC1OC=[N+]([C-]2C=CC=CC2)C1=O. The van der Waals surface area contributed by atoms with E-state index in [9.17, 15) is 4.79 Å². The molecule has 3 heteroatoms. The van der Waals surface area contributed by atoms with Crippen molar-refractivity contribution in [2.45, 2.75) is 19.4 Å². The van der Waals surface area contributed by atoms with Gasteiger partial charge in [0.2, 0.25) is 0 Å². The zero-order chi connectivity index (χ0) is 9.26. The van der Waals surface area contributed by atoms with Gasteiger partial charge in [-0.1, -0.05) is 12.2 Å². The van der Waals surface area contributed by atoms with Crippen molar-refractivity contribution in [3.8, 4) is 0 Å². The number of hydrogen-bond acceptors (Lipinski definition) is 2. The summed E-state index contributed by atoms with van der Waals surface area (Å²) in [6.45, 7) is 1.75. The van der Waals surface area contributed by atoms with Gasteiger partial charge in [0.15, 0.2) is 6.10 Å². The Labute approximate surface area is 77.0 Å². The Kier molecular flexibility index (Phi) is 1.93. The third kappa shape index (κ3) is 1.37. The second-order valence-electron chi connectivity index (χ2n) is 3.07. The fraction of sp³-hybridized carbons (Fsp3) is 0.300. The van der Waals surface area contributed by atoms with Crippen LogP contribution in [0.25, 0.3) is 0 Å². The molecule has 0 saturated heterocycles. The molecule has 2 rings (SSSR count). The quantitative estimate of drug-likeness (QED) is 0.442. The van der Waals surface area contributed by atoms with Crippen molar-refractivity contribution in [3.05, 3.63) is 30.3 Å². The number of allylic oxidation sites excluding steroid dienone is 2. The van der Waals surface area contributed by atoms with Crippen LogP contribution in [-0.4, -0.2) is 23.0 Å².